The van der Waals surface area contributed by atoms with Crippen LogP contribution in [0.15, 0.2) is 66.7 Å². The largest absolute Gasteiger partial charge is 0.388 e. The first-order valence-electron chi connectivity index (χ1n) is 9.66. The number of hydrogen-bond acceptors (Lipinski definition) is 4. The normalized spacial score (nSPS) is 10.1. The molecular formula is C25H30N2O2. The van der Waals surface area contributed by atoms with Crippen molar-refractivity contribution in [3.05, 3.63) is 83.4 Å². The van der Waals surface area contributed by atoms with Crippen LogP contribution < -0.4 is 10.6 Å². The molecule has 3 aromatic carbocycles. The zero-order valence-corrected chi connectivity index (χ0v) is 17.8. The minimum atomic E-state index is 0.424. The maximum Gasteiger partial charge on any atom is 0.150 e. The van der Waals surface area contributed by atoms with Crippen molar-refractivity contribution in [2.75, 3.05) is 24.9 Å². The molecule has 0 saturated heterocycles. The van der Waals surface area contributed by atoms with E-state index in [-0.39, 0.29) is 0 Å². The first-order valence-corrected chi connectivity index (χ1v) is 9.66. The summed E-state index contributed by atoms with van der Waals surface area (Å²) in [6.07, 6.45) is 0.854. The number of nitrogens with one attached hydrogen (secondary N) is 2. The fraction of sp³-hybridized carbons (Fsp3) is 0.240. The number of carbonyl (C=O) groups excluding carboxylic acids is 1. The highest BCUT2D eigenvalue weighted by Gasteiger charge is 2.06. The average molecular weight is 391 g/mol. The molecule has 0 aliphatic rings. The Hall–Kier alpha value is -3.11. The number of carbonyl (C=O) groups is 1. The molecule has 4 heteroatoms. The molecule has 0 heterocycles. The van der Waals surface area contributed by atoms with Gasteiger partial charge in [0.2, 0.25) is 0 Å². The van der Waals surface area contributed by atoms with Crippen LogP contribution in [0.5, 0.6) is 0 Å². The summed E-state index contributed by atoms with van der Waals surface area (Å²) in [7, 11) is 3.25. The fourth-order valence-corrected chi connectivity index (χ4v) is 2.74. The van der Waals surface area contributed by atoms with Crippen molar-refractivity contribution >= 4 is 29.0 Å². The van der Waals surface area contributed by atoms with E-state index in [4.69, 9.17) is 0 Å². The maximum atomic E-state index is 10.8. The van der Waals surface area contributed by atoms with E-state index in [9.17, 15) is 4.79 Å². The number of aryl methyl sites for hydroxylation is 1. The zero-order chi connectivity index (χ0) is 21.2. The molecule has 0 aromatic heterocycles. The molecule has 0 radical (unpaired) electrons. The predicted molar refractivity (Wildman–Crippen MR) is 123 cm³/mol. The van der Waals surface area contributed by atoms with Gasteiger partial charge in [0.15, 0.2) is 0 Å². The fourth-order valence-electron chi connectivity index (χ4n) is 2.74. The molecule has 0 bridgehead atoms. The summed E-state index contributed by atoms with van der Waals surface area (Å²) in [5, 5.41) is 6.91. The second-order valence-corrected chi connectivity index (χ2v) is 7.26. The maximum absolute atomic E-state index is 10.8. The van der Waals surface area contributed by atoms with E-state index >= 15 is 0 Å². The average Bonchev–Trinajstić information content (AvgIpc) is 2.71. The van der Waals surface area contributed by atoms with Gasteiger partial charge in [-0.2, -0.15) is 0 Å². The molecule has 3 rings (SSSR count). The van der Waals surface area contributed by atoms with Gasteiger partial charge in [-0.15, -0.1) is 0 Å². The molecule has 3 aromatic rings. The van der Waals surface area contributed by atoms with Crippen molar-refractivity contribution < 1.29 is 9.53 Å². The van der Waals surface area contributed by atoms with Crippen LogP contribution >= 0.6 is 0 Å². The standard InChI is InChI=1S/C23H24N2O.C2H6O/c1-16(2)19-12-22(24-20-8-4-17(3)5-9-20)14-23(13-19)25-21-10-6-18(15-26)7-11-21;1-3-2/h4-16,24-25H,1-3H3;1-2H3. The van der Waals surface area contributed by atoms with Gasteiger partial charge in [0, 0.05) is 42.5 Å². The Kier molecular flexibility index (Phi) is 8.44. The van der Waals surface area contributed by atoms with E-state index in [0.29, 0.717) is 11.5 Å². The molecule has 0 aliphatic heterocycles. The quantitative estimate of drug-likeness (QED) is 0.461. The van der Waals surface area contributed by atoms with Crippen molar-refractivity contribution in [2.24, 2.45) is 0 Å². The molecule has 4 nitrogen and oxygen atoms in total. The van der Waals surface area contributed by atoms with Crippen molar-refractivity contribution in [1.82, 2.24) is 0 Å². The number of ether oxygens (including phenoxy) is 1. The SMILES string of the molecule is COC.Cc1ccc(Nc2cc(Nc3ccc(C=O)cc3)cc(C(C)C)c2)cc1. The lowest BCUT2D eigenvalue weighted by atomic mass is 10.0. The first-order chi connectivity index (χ1) is 13.9. The molecule has 2 N–H and O–H groups in total. The Bertz CT molecular complexity index is 901. The Morgan fingerprint density at radius 1 is 0.759 bits per heavy atom. The molecule has 0 saturated carbocycles. The second-order valence-electron chi connectivity index (χ2n) is 7.26. The Labute approximate surface area is 173 Å². The first kappa shape index (κ1) is 22.2. The van der Waals surface area contributed by atoms with Crippen LogP contribution in [0.25, 0.3) is 0 Å². The monoisotopic (exact) mass is 390 g/mol. The minimum Gasteiger partial charge on any atom is -0.388 e. The summed E-state index contributed by atoms with van der Waals surface area (Å²) in [5.41, 5.74) is 7.27. The van der Waals surface area contributed by atoms with Gasteiger partial charge in [-0.05, 0) is 73.0 Å². The van der Waals surface area contributed by atoms with Gasteiger partial charge >= 0.3 is 0 Å². The molecule has 0 spiro atoms. The summed E-state index contributed by atoms with van der Waals surface area (Å²) in [4.78, 5) is 10.8. The number of aldehydes is 1. The molecule has 0 amide bonds. The van der Waals surface area contributed by atoms with Crippen molar-refractivity contribution in [3.8, 4) is 0 Å². The highest BCUT2D eigenvalue weighted by atomic mass is 16.4. The Morgan fingerprint density at radius 2 is 1.21 bits per heavy atom. The van der Waals surface area contributed by atoms with Crippen LogP contribution in [-0.4, -0.2) is 20.5 Å². The molecule has 0 fully saturated rings. The van der Waals surface area contributed by atoms with Gasteiger partial charge in [0.05, 0.1) is 0 Å². The molecule has 0 aliphatic carbocycles. The lowest BCUT2D eigenvalue weighted by molar-refractivity contribution is 0.112. The third-order valence-electron chi connectivity index (χ3n) is 4.30. The molecule has 29 heavy (non-hydrogen) atoms. The van der Waals surface area contributed by atoms with Gasteiger partial charge in [-0.3, -0.25) is 4.79 Å². The van der Waals surface area contributed by atoms with Crippen molar-refractivity contribution in [1.29, 1.82) is 0 Å². The minimum absolute atomic E-state index is 0.424. The van der Waals surface area contributed by atoms with Crippen LogP contribution in [-0.2, 0) is 4.74 Å². The number of benzene rings is 3. The van der Waals surface area contributed by atoms with Crippen molar-refractivity contribution in [3.63, 3.8) is 0 Å². The molecule has 152 valence electrons. The number of anilines is 4. The summed E-state index contributed by atoms with van der Waals surface area (Å²) >= 11 is 0. The van der Waals surface area contributed by atoms with E-state index in [2.05, 4.69) is 78.6 Å². The third-order valence-corrected chi connectivity index (χ3v) is 4.30. The van der Waals surface area contributed by atoms with Crippen LogP contribution in [0.4, 0.5) is 22.7 Å². The summed E-state index contributed by atoms with van der Waals surface area (Å²) in [6.45, 7) is 6.46. The molecule has 0 unspecified atom stereocenters. The van der Waals surface area contributed by atoms with Crippen LogP contribution in [0.2, 0.25) is 0 Å². The summed E-state index contributed by atoms with van der Waals surface area (Å²) < 4.78 is 4.25. The van der Waals surface area contributed by atoms with Gasteiger partial charge in [-0.1, -0.05) is 31.5 Å². The van der Waals surface area contributed by atoms with Crippen molar-refractivity contribution in [2.45, 2.75) is 26.7 Å². The van der Waals surface area contributed by atoms with E-state index in [0.717, 1.165) is 29.0 Å². The third kappa shape index (κ3) is 7.09. The summed E-state index contributed by atoms with van der Waals surface area (Å²) in [6, 6.07) is 22.3. The highest BCUT2D eigenvalue weighted by molar-refractivity contribution is 5.76. The topological polar surface area (TPSA) is 50.4 Å². The molecule has 0 atom stereocenters. The van der Waals surface area contributed by atoms with E-state index < -0.39 is 0 Å². The zero-order valence-electron chi connectivity index (χ0n) is 17.8. The van der Waals surface area contributed by atoms with Gasteiger partial charge in [0.1, 0.15) is 6.29 Å². The number of hydrogen-bond donors (Lipinski definition) is 2. The van der Waals surface area contributed by atoms with Gasteiger partial charge < -0.3 is 15.4 Å². The second kappa shape index (κ2) is 11.0. The van der Waals surface area contributed by atoms with Gasteiger partial charge in [-0.25, -0.2) is 0 Å². The van der Waals surface area contributed by atoms with Crippen LogP contribution in [0.3, 0.4) is 0 Å². The smallest absolute Gasteiger partial charge is 0.150 e. The highest BCUT2D eigenvalue weighted by Crippen LogP contribution is 2.28. The van der Waals surface area contributed by atoms with Crippen LogP contribution in [0, 0.1) is 6.92 Å². The lowest BCUT2D eigenvalue weighted by Gasteiger charge is -2.15. The number of methoxy groups -OCH3 is 1. The summed E-state index contributed by atoms with van der Waals surface area (Å²) in [5.74, 6) is 0.424. The van der Waals surface area contributed by atoms with E-state index in [1.54, 1.807) is 14.2 Å². The Balaban J connectivity index is 0.000000941. The van der Waals surface area contributed by atoms with E-state index in [1.165, 1.54) is 11.1 Å². The lowest BCUT2D eigenvalue weighted by Crippen LogP contribution is -1.98. The number of rotatable bonds is 6. The molecular weight excluding hydrogens is 360 g/mol. The van der Waals surface area contributed by atoms with Crippen LogP contribution in [0.1, 0.15) is 41.3 Å². The Morgan fingerprint density at radius 3 is 1.62 bits per heavy atom. The predicted octanol–water partition coefficient (Wildman–Crippen LogP) is 6.68. The van der Waals surface area contributed by atoms with E-state index in [1.807, 2.05) is 24.3 Å². The van der Waals surface area contributed by atoms with Gasteiger partial charge in [0.25, 0.3) is 0 Å².